The van der Waals surface area contributed by atoms with Gasteiger partial charge in [-0.05, 0) is 208 Å². The van der Waals surface area contributed by atoms with Gasteiger partial charge in [0.15, 0.2) is 0 Å². The molecular weight excluding hydrogens is 897 g/mol. The van der Waals surface area contributed by atoms with Crippen LogP contribution in [0.5, 0.6) is 0 Å². The fourth-order valence-corrected chi connectivity index (χ4v) is 12.4. The highest BCUT2D eigenvalue weighted by atomic mass is 15.2. The lowest BCUT2D eigenvalue weighted by Gasteiger charge is -2.28. The minimum atomic E-state index is -0.0291. The van der Waals surface area contributed by atoms with E-state index in [1.807, 2.05) is 0 Å². The van der Waals surface area contributed by atoms with E-state index >= 15 is 0 Å². The third-order valence-electron chi connectivity index (χ3n) is 17.1. The topological polar surface area (TPSA) is 15.3 Å². The second-order valence-corrected chi connectivity index (χ2v) is 24.0. The molecule has 0 fully saturated rings. The van der Waals surface area contributed by atoms with Crippen LogP contribution in [0.1, 0.15) is 97.2 Å². The van der Waals surface area contributed by atoms with Crippen molar-refractivity contribution in [1.29, 1.82) is 0 Å². The van der Waals surface area contributed by atoms with Gasteiger partial charge in [-0.2, -0.15) is 0 Å². The van der Waals surface area contributed by atoms with Crippen molar-refractivity contribution in [3.63, 3.8) is 0 Å². The average molecular weight is 963 g/mol. The molecule has 0 spiro atoms. The van der Waals surface area contributed by atoms with Gasteiger partial charge in [-0.15, -0.1) is 0 Å². The zero-order valence-electron chi connectivity index (χ0n) is 45.6. The van der Waals surface area contributed by atoms with Gasteiger partial charge in [0.2, 0.25) is 0 Å². The van der Waals surface area contributed by atoms with Gasteiger partial charge in [0, 0.05) is 65.8 Å². The van der Waals surface area contributed by atoms with Crippen LogP contribution in [0, 0.1) is 55.4 Å². The molecule has 13 aromatic rings. The highest BCUT2D eigenvalue weighted by Crippen LogP contribution is 2.52. The molecule has 0 aliphatic carbocycles. The molecule has 0 aliphatic rings. The minimum absolute atomic E-state index is 0.0291. The lowest BCUT2D eigenvalue weighted by Crippen LogP contribution is -2.12. The van der Waals surface area contributed by atoms with Crippen molar-refractivity contribution in [2.45, 2.75) is 108 Å². The van der Waals surface area contributed by atoms with Crippen molar-refractivity contribution in [1.82, 2.24) is 8.80 Å². The van der Waals surface area contributed by atoms with E-state index in [0.717, 1.165) is 11.4 Å². The molecule has 0 amide bonds. The third-order valence-corrected chi connectivity index (χ3v) is 17.1. The molecule has 366 valence electrons. The Balaban J connectivity index is 1.15. The summed E-state index contributed by atoms with van der Waals surface area (Å²) >= 11 is 0. The first-order chi connectivity index (χ1) is 35.3. The molecule has 0 saturated carbocycles. The molecule has 0 N–H and O–H groups in total. The fourth-order valence-electron chi connectivity index (χ4n) is 12.4. The number of aryl methyl sites for hydroxylation is 6. The summed E-state index contributed by atoms with van der Waals surface area (Å²) in [7, 11) is 0. The Kier molecular flexibility index (Phi) is 9.85. The lowest BCUT2D eigenvalue weighted by molar-refractivity contribution is 0.591. The van der Waals surface area contributed by atoms with E-state index in [2.05, 4.69) is 261 Å². The van der Waals surface area contributed by atoms with Crippen molar-refractivity contribution < 1.29 is 0 Å². The van der Waals surface area contributed by atoms with Crippen LogP contribution in [0.25, 0.3) is 76.2 Å². The van der Waals surface area contributed by atoms with Gasteiger partial charge < -0.3 is 18.6 Å². The molecule has 4 nitrogen and oxygen atoms in total. The van der Waals surface area contributed by atoms with E-state index in [4.69, 9.17) is 0 Å². The second kappa shape index (κ2) is 15.8. The molecule has 13 rings (SSSR count). The molecule has 0 bridgehead atoms. The summed E-state index contributed by atoms with van der Waals surface area (Å²) in [4.78, 5) is 5.02. The van der Waals surface area contributed by atoms with Crippen LogP contribution in [0.3, 0.4) is 0 Å². The first-order valence-electron chi connectivity index (χ1n) is 26.6. The highest BCUT2D eigenvalue weighted by molar-refractivity contribution is 6.32. The van der Waals surface area contributed by atoms with E-state index in [1.54, 1.807) is 0 Å². The predicted molar refractivity (Wildman–Crippen MR) is 320 cm³/mol. The van der Waals surface area contributed by atoms with E-state index in [0.29, 0.717) is 0 Å². The zero-order chi connectivity index (χ0) is 51.6. The molecule has 4 heteroatoms. The smallest absolute Gasteiger partial charge is 0.0641 e. The van der Waals surface area contributed by atoms with Gasteiger partial charge in [0.25, 0.3) is 0 Å². The average Bonchev–Trinajstić information content (AvgIpc) is 4.08. The van der Waals surface area contributed by atoms with Crippen LogP contribution in [-0.2, 0) is 10.8 Å². The summed E-state index contributed by atoms with van der Waals surface area (Å²) in [5.41, 5.74) is 27.5. The Morgan fingerprint density at radius 3 is 1.00 bits per heavy atom. The van der Waals surface area contributed by atoms with Gasteiger partial charge in [0.1, 0.15) is 0 Å². The summed E-state index contributed by atoms with van der Waals surface area (Å²) in [5, 5.41) is 10.2. The maximum Gasteiger partial charge on any atom is 0.0641 e. The molecule has 4 heterocycles. The molecule has 4 aromatic heterocycles. The molecule has 0 unspecified atom stereocenters. The molecule has 0 radical (unpaired) electrons. The van der Waals surface area contributed by atoms with Crippen molar-refractivity contribution in [3.8, 4) is 0 Å². The van der Waals surface area contributed by atoms with Gasteiger partial charge in [0.05, 0.1) is 44.5 Å². The number of hydrogen-bond acceptors (Lipinski definition) is 2. The van der Waals surface area contributed by atoms with Gasteiger partial charge in [-0.3, -0.25) is 0 Å². The third kappa shape index (κ3) is 6.66. The number of nitrogens with zero attached hydrogens (tertiary/aromatic N) is 4. The van der Waals surface area contributed by atoms with Crippen molar-refractivity contribution in [2.75, 3.05) is 9.80 Å². The molecule has 0 atom stereocenters. The largest absolute Gasteiger partial charge is 0.310 e. The lowest BCUT2D eigenvalue weighted by atomic mass is 9.86. The SMILES string of the molecule is Cc1ccc(N(c2cc(C)c(C)c(C)c2)c2ccc3c4cc5c(cc4n4c6ccc(C(C)(C)C)cc6c2c34)c2ccc(N(c3ccc(C)cc3)c3cc(C)c(C)c(C)c3)c3c4cc(C(C)(C)C)ccc4n5c23)cc1. The minimum Gasteiger partial charge on any atom is -0.310 e. The van der Waals surface area contributed by atoms with Crippen LogP contribution < -0.4 is 9.80 Å². The zero-order valence-corrected chi connectivity index (χ0v) is 45.6. The summed E-state index contributed by atoms with van der Waals surface area (Å²) < 4.78 is 5.19. The van der Waals surface area contributed by atoms with E-state index in [-0.39, 0.29) is 10.8 Å². The number of benzene rings is 9. The summed E-state index contributed by atoms with van der Waals surface area (Å²) in [5.74, 6) is 0. The van der Waals surface area contributed by atoms with Crippen molar-refractivity contribution in [2.24, 2.45) is 0 Å². The molecular formula is C70H66N4. The standard InChI is InChI=1S/C70H66N4/c1-39-15-21-49(22-16-39)71(51-31-41(3)45(7)42(4)32-51)61-29-25-53-55-37-64-56(38-63(55)73-59-27-19-47(69(9,10)11)35-57(59)65(61)67(53)73)54-26-30-62(66-58-36-48(70(12,13)14)20-28-60(58)74(64)68(54)66)72(50-23-17-40(2)18-24-50)52-33-43(5)46(8)44(6)34-52/h15-38H,1-14H3. The number of aromatic nitrogens is 2. The number of anilines is 6. The van der Waals surface area contributed by atoms with Crippen LogP contribution in [-0.4, -0.2) is 8.80 Å². The van der Waals surface area contributed by atoms with E-state index in [9.17, 15) is 0 Å². The Morgan fingerprint density at radius 2 is 0.662 bits per heavy atom. The summed E-state index contributed by atoms with van der Waals surface area (Å²) in [6, 6.07) is 56.8. The Labute approximate surface area is 435 Å². The molecule has 0 aliphatic heterocycles. The summed E-state index contributed by atoms with van der Waals surface area (Å²) in [6.07, 6.45) is 0. The van der Waals surface area contributed by atoms with Crippen LogP contribution in [0.4, 0.5) is 34.1 Å². The first kappa shape index (κ1) is 46.0. The highest BCUT2D eigenvalue weighted by Gasteiger charge is 2.30. The Bertz CT molecular complexity index is 4110. The molecule has 9 aromatic carbocycles. The Morgan fingerprint density at radius 1 is 0.311 bits per heavy atom. The molecule has 74 heavy (non-hydrogen) atoms. The van der Waals surface area contributed by atoms with Crippen molar-refractivity contribution >= 4 is 110 Å². The normalized spacial score (nSPS) is 12.7. The van der Waals surface area contributed by atoms with Crippen LogP contribution in [0.15, 0.2) is 146 Å². The number of rotatable bonds is 6. The predicted octanol–water partition coefficient (Wildman–Crippen LogP) is 20.0. The first-order valence-corrected chi connectivity index (χ1v) is 26.6. The Hall–Kier alpha value is -7.82. The quantitative estimate of drug-likeness (QED) is 0.165. The monoisotopic (exact) mass is 963 g/mol. The van der Waals surface area contributed by atoms with E-state index < -0.39 is 0 Å². The fraction of sp³-hybridized carbons (Fsp3) is 0.229. The van der Waals surface area contributed by atoms with Crippen molar-refractivity contribution in [3.05, 3.63) is 201 Å². The maximum absolute atomic E-state index is 2.60. The summed E-state index contributed by atoms with van der Waals surface area (Å²) in [6.45, 7) is 31.8. The number of fused-ring (bicyclic) bond motifs is 12. The maximum atomic E-state index is 2.60. The van der Waals surface area contributed by atoms with Gasteiger partial charge in [-0.1, -0.05) is 101 Å². The molecule has 0 saturated heterocycles. The van der Waals surface area contributed by atoms with Crippen LogP contribution >= 0.6 is 0 Å². The van der Waals surface area contributed by atoms with E-state index in [1.165, 1.54) is 155 Å². The van der Waals surface area contributed by atoms with Gasteiger partial charge >= 0.3 is 0 Å². The van der Waals surface area contributed by atoms with Gasteiger partial charge in [-0.25, -0.2) is 0 Å². The number of hydrogen-bond donors (Lipinski definition) is 0. The second-order valence-electron chi connectivity index (χ2n) is 24.0. The van der Waals surface area contributed by atoms with Crippen LogP contribution in [0.2, 0.25) is 0 Å².